The maximum Gasteiger partial charge on any atom is 0.408 e. The van der Waals surface area contributed by atoms with E-state index in [0.717, 1.165) is 5.56 Å². The van der Waals surface area contributed by atoms with Crippen LogP contribution in [0.4, 0.5) is 4.79 Å². The minimum absolute atomic E-state index is 0.0365. The molecule has 1 aromatic rings. The average molecular weight is 280 g/mol. The Morgan fingerprint density at radius 2 is 1.90 bits per heavy atom. The number of alkyl carbamates (subject to hydrolysis) is 1. The summed E-state index contributed by atoms with van der Waals surface area (Å²) in [7, 11) is 0. The van der Waals surface area contributed by atoms with Gasteiger partial charge in [-0.25, -0.2) is 9.59 Å². The lowest BCUT2D eigenvalue weighted by Crippen LogP contribution is -2.41. The zero-order valence-corrected chi connectivity index (χ0v) is 10.7. The summed E-state index contributed by atoms with van der Waals surface area (Å²) in [6.45, 7) is 0.0365. The van der Waals surface area contributed by atoms with Gasteiger partial charge in [0.05, 0.1) is 0 Å². The van der Waals surface area contributed by atoms with E-state index in [-0.39, 0.29) is 19.4 Å². The van der Waals surface area contributed by atoms with E-state index in [1.54, 1.807) is 24.3 Å². The number of nitrogens with one attached hydrogen (secondary N) is 1. The Bertz CT molecular complexity index is 475. The second-order valence-electron chi connectivity index (χ2n) is 4.10. The van der Waals surface area contributed by atoms with Gasteiger partial charge in [-0.3, -0.25) is 4.79 Å². The van der Waals surface area contributed by atoms with Crippen molar-refractivity contribution in [3.63, 3.8) is 0 Å². The number of carboxylic acid groups (broad SMARTS) is 1. The lowest BCUT2D eigenvalue weighted by molar-refractivity contribution is -0.139. The Morgan fingerprint density at radius 1 is 1.25 bits per heavy atom. The van der Waals surface area contributed by atoms with Crippen LogP contribution in [-0.2, 0) is 20.9 Å². The lowest BCUT2D eigenvalue weighted by atomic mass is 10.1. The zero-order valence-electron chi connectivity index (χ0n) is 10.7. The lowest BCUT2D eigenvalue weighted by Gasteiger charge is -2.13. The molecule has 0 unspecified atom stereocenters. The molecule has 0 radical (unpaired) electrons. The minimum Gasteiger partial charge on any atom is -0.480 e. The monoisotopic (exact) mass is 280 g/mol. The van der Waals surface area contributed by atoms with E-state index >= 15 is 0 Å². The van der Waals surface area contributed by atoms with Crippen molar-refractivity contribution in [2.24, 2.45) is 5.73 Å². The molecule has 1 atom stereocenters. The van der Waals surface area contributed by atoms with Crippen LogP contribution in [0.25, 0.3) is 0 Å². The maximum absolute atomic E-state index is 11.5. The van der Waals surface area contributed by atoms with Crippen LogP contribution < -0.4 is 11.1 Å². The van der Waals surface area contributed by atoms with E-state index in [0.29, 0.717) is 0 Å². The highest BCUT2D eigenvalue weighted by Gasteiger charge is 2.21. The van der Waals surface area contributed by atoms with Gasteiger partial charge in [-0.2, -0.15) is 0 Å². The molecule has 0 aliphatic carbocycles. The number of hydrogen-bond acceptors (Lipinski definition) is 4. The van der Waals surface area contributed by atoms with Gasteiger partial charge in [-0.05, 0) is 12.0 Å². The number of primary amides is 1. The number of amides is 2. The molecule has 0 saturated heterocycles. The molecule has 0 fully saturated rings. The van der Waals surface area contributed by atoms with Crippen LogP contribution >= 0.6 is 0 Å². The maximum atomic E-state index is 11.5. The molecular formula is C13H16N2O5. The summed E-state index contributed by atoms with van der Waals surface area (Å²) in [5.74, 6) is -1.88. The van der Waals surface area contributed by atoms with Gasteiger partial charge >= 0.3 is 12.1 Å². The highest BCUT2D eigenvalue weighted by atomic mass is 16.5. The molecule has 0 aliphatic rings. The molecule has 0 spiro atoms. The summed E-state index contributed by atoms with van der Waals surface area (Å²) < 4.78 is 4.89. The Labute approximate surface area is 115 Å². The van der Waals surface area contributed by atoms with Crippen LogP contribution in [0, 0.1) is 0 Å². The molecule has 4 N–H and O–H groups in total. The number of benzene rings is 1. The minimum atomic E-state index is -1.25. The summed E-state index contributed by atoms with van der Waals surface area (Å²) in [6.07, 6.45) is -1.06. The molecule has 1 aromatic carbocycles. The SMILES string of the molecule is NC(=O)CC[C@H](NC(=O)OCc1ccccc1)C(=O)O. The van der Waals surface area contributed by atoms with Crippen molar-refractivity contribution in [2.45, 2.75) is 25.5 Å². The molecule has 0 heterocycles. The predicted molar refractivity (Wildman–Crippen MR) is 69.6 cm³/mol. The molecule has 0 aliphatic heterocycles. The fourth-order valence-corrected chi connectivity index (χ4v) is 1.45. The number of rotatable bonds is 7. The van der Waals surface area contributed by atoms with Crippen LogP contribution in [0.5, 0.6) is 0 Å². The van der Waals surface area contributed by atoms with Crippen molar-refractivity contribution >= 4 is 18.0 Å². The Hall–Kier alpha value is -2.57. The molecule has 108 valence electrons. The first kappa shape index (κ1) is 15.5. The standard InChI is InChI=1S/C13H16N2O5/c14-11(16)7-6-10(12(17)18)15-13(19)20-8-9-4-2-1-3-5-9/h1-5,10H,6-8H2,(H2,14,16)(H,15,19)(H,17,18)/t10-/m0/s1. The quantitative estimate of drug-likeness (QED) is 0.677. The molecular weight excluding hydrogens is 264 g/mol. The summed E-state index contributed by atoms with van der Waals surface area (Å²) >= 11 is 0. The normalized spacial score (nSPS) is 11.4. The molecule has 7 nitrogen and oxygen atoms in total. The zero-order chi connectivity index (χ0) is 15.0. The molecule has 1 rings (SSSR count). The van der Waals surface area contributed by atoms with Gasteiger partial charge in [0.2, 0.25) is 5.91 Å². The molecule has 0 saturated carbocycles. The van der Waals surface area contributed by atoms with Crippen LogP contribution in [0.3, 0.4) is 0 Å². The first-order valence-electron chi connectivity index (χ1n) is 5.97. The van der Waals surface area contributed by atoms with Crippen LogP contribution in [-0.4, -0.2) is 29.1 Å². The Kier molecular flexibility index (Phi) is 6.02. The Balaban J connectivity index is 2.41. The third kappa shape index (κ3) is 5.85. The molecule has 7 heteroatoms. The van der Waals surface area contributed by atoms with Crippen LogP contribution in [0.1, 0.15) is 18.4 Å². The number of ether oxygens (including phenoxy) is 1. The van der Waals surface area contributed by atoms with E-state index in [1.807, 2.05) is 6.07 Å². The second-order valence-corrected chi connectivity index (χ2v) is 4.10. The van der Waals surface area contributed by atoms with Gasteiger partial charge in [0.25, 0.3) is 0 Å². The molecule has 0 aromatic heterocycles. The van der Waals surface area contributed by atoms with Crippen molar-refractivity contribution in [2.75, 3.05) is 0 Å². The van der Waals surface area contributed by atoms with Gasteiger partial charge in [-0.15, -0.1) is 0 Å². The number of carbonyl (C=O) groups excluding carboxylic acids is 2. The van der Waals surface area contributed by atoms with E-state index in [1.165, 1.54) is 0 Å². The van der Waals surface area contributed by atoms with Crippen molar-refractivity contribution in [1.82, 2.24) is 5.32 Å². The Morgan fingerprint density at radius 3 is 2.45 bits per heavy atom. The van der Waals surface area contributed by atoms with E-state index in [9.17, 15) is 14.4 Å². The predicted octanol–water partition coefficient (Wildman–Crippen LogP) is 0.631. The number of carboxylic acids is 1. The van der Waals surface area contributed by atoms with Crippen molar-refractivity contribution < 1.29 is 24.2 Å². The van der Waals surface area contributed by atoms with Crippen LogP contribution in [0.2, 0.25) is 0 Å². The number of nitrogens with two attached hydrogens (primary N) is 1. The van der Waals surface area contributed by atoms with Gasteiger partial charge in [0.1, 0.15) is 12.6 Å². The van der Waals surface area contributed by atoms with Crippen LogP contribution in [0.15, 0.2) is 30.3 Å². The largest absolute Gasteiger partial charge is 0.480 e. The smallest absolute Gasteiger partial charge is 0.408 e. The van der Waals surface area contributed by atoms with Gasteiger partial charge in [-0.1, -0.05) is 30.3 Å². The third-order valence-corrected chi connectivity index (χ3v) is 2.48. The van der Waals surface area contributed by atoms with Gasteiger partial charge in [0, 0.05) is 6.42 Å². The van der Waals surface area contributed by atoms with E-state index < -0.39 is 24.0 Å². The number of hydrogen-bond donors (Lipinski definition) is 3. The first-order chi connectivity index (χ1) is 9.49. The first-order valence-corrected chi connectivity index (χ1v) is 5.97. The fraction of sp³-hybridized carbons (Fsp3) is 0.308. The summed E-state index contributed by atoms with van der Waals surface area (Å²) in [5, 5.41) is 11.1. The summed E-state index contributed by atoms with van der Waals surface area (Å²) in [6, 6.07) is 7.76. The van der Waals surface area contributed by atoms with E-state index in [2.05, 4.69) is 5.32 Å². The van der Waals surface area contributed by atoms with E-state index in [4.69, 9.17) is 15.6 Å². The highest BCUT2D eigenvalue weighted by molar-refractivity contribution is 5.81. The topological polar surface area (TPSA) is 119 Å². The van der Waals surface area contributed by atoms with Crippen molar-refractivity contribution in [3.05, 3.63) is 35.9 Å². The fourth-order valence-electron chi connectivity index (χ4n) is 1.45. The average Bonchev–Trinajstić information content (AvgIpc) is 2.41. The van der Waals surface area contributed by atoms with Gasteiger partial charge in [0.15, 0.2) is 0 Å². The van der Waals surface area contributed by atoms with Crippen molar-refractivity contribution in [1.29, 1.82) is 0 Å². The summed E-state index contributed by atoms with van der Waals surface area (Å²) in [4.78, 5) is 33.0. The number of carbonyl (C=O) groups is 3. The molecule has 0 bridgehead atoms. The molecule has 20 heavy (non-hydrogen) atoms. The number of aliphatic carboxylic acids is 1. The molecule has 2 amide bonds. The van der Waals surface area contributed by atoms with Crippen molar-refractivity contribution in [3.8, 4) is 0 Å². The third-order valence-electron chi connectivity index (χ3n) is 2.48. The second kappa shape index (κ2) is 7.78. The summed E-state index contributed by atoms with van der Waals surface area (Å²) in [5.41, 5.74) is 5.71. The highest BCUT2D eigenvalue weighted by Crippen LogP contribution is 2.02. The van der Waals surface area contributed by atoms with Gasteiger partial charge < -0.3 is 20.9 Å².